The van der Waals surface area contributed by atoms with Gasteiger partial charge in [0.25, 0.3) is 5.91 Å². The Labute approximate surface area is 111 Å². The average Bonchev–Trinajstić information content (AvgIpc) is 2.84. The number of aromatic nitrogens is 1. The van der Waals surface area contributed by atoms with Crippen molar-refractivity contribution < 1.29 is 9.90 Å². The number of rotatable bonds is 4. The van der Waals surface area contributed by atoms with Crippen LogP contribution in [-0.2, 0) is 0 Å². The van der Waals surface area contributed by atoms with E-state index in [9.17, 15) is 9.90 Å². The molecular weight excluding hydrogens is 252 g/mol. The van der Waals surface area contributed by atoms with E-state index in [0.717, 1.165) is 12.8 Å². The molecule has 2 rings (SSSR count). The molecule has 0 spiro atoms. The Kier molecular flexibility index (Phi) is 4.42. The zero-order valence-electron chi connectivity index (χ0n) is 10.1. The first-order chi connectivity index (χ1) is 8.72. The van der Waals surface area contributed by atoms with Gasteiger partial charge in [-0.2, -0.15) is 0 Å². The van der Waals surface area contributed by atoms with Gasteiger partial charge in [-0.3, -0.25) is 9.78 Å². The normalized spacial score (nSPS) is 22.9. The van der Waals surface area contributed by atoms with E-state index in [4.69, 9.17) is 11.6 Å². The number of halogens is 1. The van der Waals surface area contributed by atoms with Gasteiger partial charge < -0.3 is 10.4 Å². The highest BCUT2D eigenvalue weighted by Gasteiger charge is 2.26. The smallest absolute Gasteiger partial charge is 0.255 e. The van der Waals surface area contributed by atoms with Gasteiger partial charge in [0.05, 0.1) is 11.8 Å². The molecule has 1 heterocycles. The fourth-order valence-corrected chi connectivity index (χ4v) is 2.89. The Morgan fingerprint density at radius 3 is 3.00 bits per heavy atom. The summed E-state index contributed by atoms with van der Waals surface area (Å²) in [5.41, 5.74) is 0.269. The number of nitrogens with one attached hydrogen (secondary N) is 1. The summed E-state index contributed by atoms with van der Waals surface area (Å²) in [7, 11) is 0. The molecule has 0 aliphatic heterocycles. The summed E-state index contributed by atoms with van der Waals surface area (Å²) in [5.74, 6) is 1.26. The van der Waals surface area contributed by atoms with E-state index >= 15 is 0 Å². The summed E-state index contributed by atoms with van der Waals surface area (Å²) < 4.78 is 0. The minimum Gasteiger partial charge on any atom is -0.505 e. The average molecular weight is 269 g/mol. The first-order valence-corrected chi connectivity index (χ1v) is 6.73. The molecule has 0 aromatic carbocycles. The van der Waals surface area contributed by atoms with Crippen LogP contribution >= 0.6 is 11.6 Å². The predicted octanol–water partition coefficient (Wildman–Crippen LogP) is 2.17. The lowest BCUT2D eigenvalue weighted by Gasteiger charge is -2.17. The number of carbonyl (C=O) groups is 1. The van der Waals surface area contributed by atoms with Crippen molar-refractivity contribution in [1.82, 2.24) is 10.3 Å². The number of carbonyl (C=O) groups excluding carboxylic acids is 1. The van der Waals surface area contributed by atoms with Crippen molar-refractivity contribution in [2.75, 3.05) is 12.4 Å². The van der Waals surface area contributed by atoms with E-state index in [1.54, 1.807) is 0 Å². The summed E-state index contributed by atoms with van der Waals surface area (Å²) >= 11 is 5.90. The van der Waals surface area contributed by atoms with Crippen LogP contribution in [-0.4, -0.2) is 28.4 Å². The van der Waals surface area contributed by atoms with Crippen molar-refractivity contribution in [1.29, 1.82) is 0 Å². The molecule has 18 heavy (non-hydrogen) atoms. The zero-order valence-corrected chi connectivity index (χ0v) is 10.9. The Hall–Kier alpha value is -1.29. The van der Waals surface area contributed by atoms with Crippen LogP contribution in [0.15, 0.2) is 18.5 Å². The number of aromatic hydroxyl groups is 1. The summed E-state index contributed by atoms with van der Waals surface area (Å²) in [6, 6.07) is 1.51. The largest absolute Gasteiger partial charge is 0.505 e. The van der Waals surface area contributed by atoms with Crippen LogP contribution in [0.2, 0.25) is 0 Å². The lowest BCUT2D eigenvalue weighted by atomic mass is 9.98. The van der Waals surface area contributed by atoms with Crippen LogP contribution in [0.4, 0.5) is 0 Å². The topological polar surface area (TPSA) is 62.2 Å². The third-order valence-corrected chi connectivity index (χ3v) is 3.98. The Morgan fingerprint density at radius 1 is 1.50 bits per heavy atom. The molecule has 2 N–H and O–H groups in total. The second kappa shape index (κ2) is 6.05. The van der Waals surface area contributed by atoms with Crippen LogP contribution in [0.3, 0.4) is 0 Å². The SMILES string of the molecule is O=C(NCC1CCCC1CCl)c1ccncc1O. The van der Waals surface area contributed by atoms with E-state index < -0.39 is 0 Å². The fraction of sp³-hybridized carbons (Fsp3) is 0.538. The number of amides is 1. The molecule has 1 fully saturated rings. The molecule has 1 amide bonds. The van der Waals surface area contributed by atoms with Crippen molar-refractivity contribution in [3.05, 3.63) is 24.0 Å². The van der Waals surface area contributed by atoms with Gasteiger partial charge in [-0.05, 0) is 30.7 Å². The highest BCUT2D eigenvalue weighted by molar-refractivity contribution is 6.18. The van der Waals surface area contributed by atoms with Gasteiger partial charge in [0, 0.05) is 18.6 Å². The second-order valence-corrected chi connectivity index (χ2v) is 5.02. The van der Waals surface area contributed by atoms with Crippen molar-refractivity contribution in [3.63, 3.8) is 0 Å². The van der Waals surface area contributed by atoms with Crippen molar-refractivity contribution >= 4 is 17.5 Å². The zero-order chi connectivity index (χ0) is 13.0. The lowest BCUT2D eigenvalue weighted by Crippen LogP contribution is -2.31. The maximum atomic E-state index is 11.9. The number of alkyl halides is 1. The third kappa shape index (κ3) is 2.93. The van der Waals surface area contributed by atoms with Gasteiger partial charge in [-0.1, -0.05) is 6.42 Å². The summed E-state index contributed by atoms with van der Waals surface area (Å²) in [6.45, 7) is 0.623. The number of nitrogens with zero attached hydrogens (tertiary/aromatic N) is 1. The molecule has 0 saturated heterocycles. The minimum atomic E-state index is -0.255. The van der Waals surface area contributed by atoms with E-state index in [1.807, 2.05) is 0 Å². The van der Waals surface area contributed by atoms with Crippen LogP contribution in [0.25, 0.3) is 0 Å². The molecule has 1 aliphatic rings. The maximum absolute atomic E-state index is 11.9. The molecule has 2 unspecified atom stereocenters. The van der Waals surface area contributed by atoms with Crippen LogP contribution < -0.4 is 5.32 Å². The van der Waals surface area contributed by atoms with Crippen LogP contribution in [0.1, 0.15) is 29.6 Å². The van der Waals surface area contributed by atoms with Gasteiger partial charge in [-0.15, -0.1) is 11.6 Å². The van der Waals surface area contributed by atoms with Gasteiger partial charge in [-0.25, -0.2) is 0 Å². The first kappa shape index (κ1) is 13.1. The molecule has 1 aliphatic carbocycles. The van der Waals surface area contributed by atoms with Crippen molar-refractivity contribution in [2.24, 2.45) is 11.8 Å². The first-order valence-electron chi connectivity index (χ1n) is 6.19. The molecule has 5 heteroatoms. The maximum Gasteiger partial charge on any atom is 0.255 e. The molecule has 0 bridgehead atoms. The quantitative estimate of drug-likeness (QED) is 0.823. The molecule has 4 nitrogen and oxygen atoms in total. The highest BCUT2D eigenvalue weighted by atomic mass is 35.5. The monoisotopic (exact) mass is 268 g/mol. The van der Waals surface area contributed by atoms with E-state index in [1.165, 1.54) is 24.9 Å². The van der Waals surface area contributed by atoms with Gasteiger partial charge in [0.1, 0.15) is 5.75 Å². The van der Waals surface area contributed by atoms with Crippen LogP contribution in [0.5, 0.6) is 5.75 Å². The van der Waals surface area contributed by atoms with Gasteiger partial charge in [0.2, 0.25) is 0 Å². The van der Waals surface area contributed by atoms with Gasteiger partial charge in [0.15, 0.2) is 0 Å². The highest BCUT2D eigenvalue weighted by Crippen LogP contribution is 2.32. The van der Waals surface area contributed by atoms with Crippen LogP contribution in [0, 0.1) is 11.8 Å². The molecular formula is C13H17ClN2O2. The Balaban J connectivity index is 1.91. The summed E-state index contributed by atoms with van der Waals surface area (Å²) in [5, 5.41) is 12.4. The van der Waals surface area contributed by atoms with E-state index in [0.29, 0.717) is 24.3 Å². The standard InChI is InChI=1S/C13H17ClN2O2/c14-6-9-2-1-3-10(9)7-16-13(18)11-4-5-15-8-12(11)17/h4-5,8-10,17H,1-3,6-7H2,(H,16,18). The Morgan fingerprint density at radius 2 is 2.28 bits per heavy atom. The second-order valence-electron chi connectivity index (χ2n) is 4.71. The van der Waals surface area contributed by atoms with Crippen molar-refractivity contribution in [3.8, 4) is 5.75 Å². The number of hydrogen-bond acceptors (Lipinski definition) is 3. The van der Waals surface area contributed by atoms with E-state index in [-0.39, 0.29) is 17.2 Å². The summed E-state index contributed by atoms with van der Waals surface area (Å²) in [4.78, 5) is 15.6. The van der Waals surface area contributed by atoms with E-state index in [2.05, 4.69) is 10.3 Å². The molecule has 1 aromatic heterocycles. The van der Waals surface area contributed by atoms with Crippen molar-refractivity contribution in [2.45, 2.75) is 19.3 Å². The Bertz CT molecular complexity index is 425. The molecule has 2 atom stereocenters. The summed E-state index contributed by atoms with van der Waals surface area (Å²) in [6.07, 6.45) is 6.20. The number of pyridine rings is 1. The third-order valence-electron chi connectivity index (χ3n) is 3.58. The molecule has 1 saturated carbocycles. The van der Waals surface area contributed by atoms with Gasteiger partial charge >= 0.3 is 0 Å². The predicted molar refractivity (Wildman–Crippen MR) is 69.8 cm³/mol. The molecule has 0 radical (unpaired) electrons. The fourth-order valence-electron chi connectivity index (χ4n) is 2.48. The number of hydrogen-bond donors (Lipinski definition) is 2. The molecule has 98 valence electrons. The lowest BCUT2D eigenvalue weighted by molar-refractivity contribution is 0.0942. The minimum absolute atomic E-state index is 0.0877. The molecule has 1 aromatic rings.